The number of nitrogens with one attached hydrogen (secondary N) is 3. The van der Waals surface area contributed by atoms with Gasteiger partial charge in [0.15, 0.2) is 11.2 Å². The number of fused-ring (bicyclic) bond motifs is 4. The monoisotopic (exact) mass is 666 g/mol. The summed E-state index contributed by atoms with van der Waals surface area (Å²) in [6, 6.07) is 23.1. The number of alkyl carbamates (subject to hydrolysis) is 1. The van der Waals surface area contributed by atoms with Gasteiger partial charge in [-0.3, -0.25) is 24.5 Å². The van der Waals surface area contributed by atoms with Gasteiger partial charge in [0.1, 0.15) is 37.0 Å². The van der Waals surface area contributed by atoms with Crippen molar-refractivity contribution in [3.63, 3.8) is 0 Å². The molecule has 14 nitrogen and oxygen atoms in total. The first-order chi connectivity index (χ1) is 23.9. The van der Waals surface area contributed by atoms with E-state index in [1.807, 2.05) is 36.4 Å². The number of nitrogens with zero attached hydrogens (tertiary/aromatic N) is 3. The Morgan fingerprint density at radius 3 is 2.41 bits per heavy atom. The fourth-order valence-corrected chi connectivity index (χ4v) is 6.20. The second-order valence-corrected chi connectivity index (χ2v) is 11.7. The number of hydrogen-bond donors (Lipinski definition) is 4. The number of carbonyl (C=O) groups excluding carboxylic acids is 2. The second kappa shape index (κ2) is 13.8. The van der Waals surface area contributed by atoms with Gasteiger partial charge in [0.25, 0.3) is 5.56 Å². The molecular weight excluding hydrogens is 632 g/mol. The van der Waals surface area contributed by atoms with Gasteiger partial charge in [0.2, 0.25) is 11.9 Å². The Labute approximate surface area is 280 Å². The van der Waals surface area contributed by atoms with E-state index in [-0.39, 0.29) is 55.6 Å². The highest BCUT2D eigenvalue weighted by Gasteiger charge is 2.36. The number of methoxy groups -OCH3 is 1. The summed E-state index contributed by atoms with van der Waals surface area (Å²) in [5.41, 5.74) is 4.12. The predicted molar refractivity (Wildman–Crippen MR) is 177 cm³/mol. The van der Waals surface area contributed by atoms with Crippen LogP contribution in [0.5, 0.6) is 11.5 Å². The van der Waals surface area contributed by atoms with E-state index in [0.717, 1.165) is 22.3 Å². The van der Waals surface area contributed by atoms with E-state index in [0.29, 0.717) is 11.5 Å². The molecule has 3 heterocycles. The smallest absolute Gasteiger partial charge is 0.407 e. The highest BCUT2D eigenvalue weighted by Crippen LogP contribution is 2.44. The maximum Gasteiger partial charge on any atom is 0.407 e. The Balaban J connectivity index is 0.915. The Kier molecular flexibility index (Phi) is 8.96. The van der Waals surface area contributed by atoms with E-state index in [4.69, 9.17) is 18.9 Å². The molecule has 7 rings (SSSR count). The van der Waals surface area contributed by atoms with Crippen LogP contribution in [0.2, 0.25) is 0 Å². The number of H-pyrrole nitrogens is 1. The maximum absolute atomic E-state index is 12.8. The summed E-state index contributed by atoms with van der Waals surface area (Å²) >= 11 is 0. The Morgan fingerprint density at radius 1 is 1.00 bits per heavy atom. The fourth-order valence-electron chi connectivity index (χ4n) is 6.20. The van der Waals surface area contributed by atoms with Crippen LogP contribution in [0, 0.1) is 0 Å². The minimum Gasteiger partial charge on any atom is -0.497 e. The van der Waals surface area contributed by atoms with Crippen LogP contribution >= 0.6 is 0 Å². The molecule has 1 saturated heterocycles. The molecule has 2 aliphatic rings. The Hall–Kier alpha value is -5.73. The number of benzene rings is 3. The highest BCUT2D eigenvalue weighted by atomic mass is 16.6. The van der Waals surface area contributed by atoms with Gasteiger partial charge in [-0.2, -0.15) is 4.98 Å². The van der Waals surface area contributed by atoms with Crippen LogP contribution in [0.4, 0.5) is 10.7 Å². The van der Waals surface area contributed by atoms with Crippen LogP contribution in [-0.2, 0) is 14.3 Å². The molecule has 2 amide bonds. The first kappa shape index (κ1) is 31.8. The zero-order valence-corrected chi connectivity index (χ0v) is 26.5. The minimum atomic E-state index is -0.842. The quantitative estimate of drug-likeness (QED) is 0.162. The molecular formula is C35H34N6O8. The molecule has 3 aromatic carbocycles. The van der Waals surface area contributed by atoms with Crippen LogP contribution in [0.15, 0.2) is 83.9 Å². The van der Waals surface area contributed by atoms with Crippen molar-refractivity contribution in [2.45, 2.75) is 37.2 Å². The van der Waals surface area contributed by atoms with Crippen LogP contribution in [0.1, 0.15) is 36.1 Å². The number of rotatable bonds is 11. The SMILES string of the molecule is COc1ccc(OC[C@H]2O[C@@H](n3cnc4c(=O)[nH]c(NC(=O)CCNC(=O)OCC5c6ccccc6-c6ccccc65)nc43)C[C@H]2O)cc1. The standard InChI is InChI=1S/C35H34N6O8/c1-46-20-10-12-21(13-11-20)47-18-28-27(42)16-30(49-28)41-19-37-31-32(41)39-34(40-33(31)44)38-29(43)14-15-36-35(45)48-17-26-24-8-4-2-6-22(24)23-7-3-5-9-25(23)26/h2-13,19,26-28,30,42H,14-18H2,1H3,(H,36,45)(H2,38,39,40,43,44)/t27-,28-,30-/m1/s1. The molecule has 0 saturated carbocycles. The summed E-state index contributed by atoms with van der Waals surface area (Å²) in [5.74, 6) is 0.623. The third kappa shape index (κ3) is 6.68. The largest absolute Gasteiger partial charge is 0.497 e. The van der Waals surface area contributed by atoms with Crippen molar-refractivity contribution < 1.29 is 33.6 Å². The van der Waals surface area contributed by atoms with Gasteiger partial charge in [-0.05, 0) is 46.5 Å². The van der Waals surface area contributed by atoms with E-state index in [9.17, 15) is 19.5 Å². The fraction of sp³-hybridized carbons (Fsp3) is 0.286. The minimum absolute atomic E-state index is 0.000698. The maximum atomic E-state index is 12.8. The number of hydrogen-bond acceptors (Lipinski definition) is 10. The number of aliphatic hydroxyl groups is 1. The molecule has 0 unspecified atom stereocenters. The number of ether oxygens (including phenoxy) is 4. The normalized spacial score (nSPS) is 18.1. The first-order valence-corrected chi connectivity index (χ1v) is 15.8. The molecule has 14 heteroatoms. The molecule has 252 valence electrons. The van der Waals surface area contributed by atoms with Crippen molar-refractivity contribution in [3.8, 4) is 22.6 Å². The summed E-state index contributed by atoms with van der Waals surface area (Å²) in [6.07, 6.45) is -1.29. The lowest BCUT2D eigenvalue weighted by Crippen LogP contribution is -2.29. The van der Waals surface area contributed by atoms with E-state index in [1.165, 1.54) is 10.9 Å². The molecule has 3 atom stereocenters. The summed E-state index contributed by atoms with van der Waals surface area (Å²) in [7, 11) is 1.58. The molecule has 1 aliphatic heterocycles. The molecule has 4 N–H and O–H groups in total. The van der Waals surface area contributed by atoms with Gasteiger partial charge in [-0.25, -0.2) is 9.78 Å². The summed E-state index contributed by atoms with van der Waals surface area (Å²) < 4.78 is 24.1. The predicted octanol–water partition coefficient (Wildman–Crippen LogP) is 3.72. The number of amides is 2. The van der Waals surface area contributed by atoms with Crippen molar-refractivity contribution in [1.29, 1.82) is 0 Å². The summed E-state index contributed by atoms with van der Waals surface area (Å²) in [5, 5.41) is 15.8. The van der Waals surface area contributed by atoms with E-state index in [1.54, 1.807) is 31.4 Å². The van der Waals surface area contributed by atoms with E-state index >= 15 is 0 Å². The van der Waals surface area contributed by atoms with Crippen LogP contribution < -0.4 is 25.7 Å². The van der Waals surface area contributed by atoms with Gasteiger partial charge in [-0.15, -0.1) is 0 Å². The Morgan fingerprint density at radius 2 is 1.69 bits per heavy atom. The zero-order valence-electron chi connectivity index (χ0n) is 26.5. The molecule has 2 aromatic heterocycles. The first-order valence-electron chi connectivity index (χ1n) is 15.8. The van der Waals surface area contributed by atoms with Crippen LogP contribution in [-0.4, -0.2) is 75.7 Å². The van der Waals surface area contributed by atoms with Crippen molar-refractivity contribution >= 4 is 29.1 Å². The topological polar surface area (TPSA) is 179 Å². The lowest BCUT2D eigenvalue weighted by Gasteiger charge is -2.16. The van der Waals surface area contributed by atoms with Crippen molar-refractivity contribution in [2.75, 3.05) is 32.2 Å². The third-order valence-electron chi connectivity index (χ3n) is 8.64. The molecule has 5 aromatic rings. The van der Waals surface area contributed by atoms with Gasteiger partial charge < -0.3 is 29.4 Å². The van der Waals surface area contributed by atoms with E-state index in [2.05, 4.69) is 37.7 Å². The average molecular weight is 667 g/mol. The number of aliphatic hydroxyl groups excluding tert-OH is 1. The number of imidazole rings is 1. The number of aromatic amines is 1. The van der Waals surface area contributed by atoms with Gasteiger partial charge in [-0.1, -0.05) is 48.5 Å². The molecule has 0 bridgehead atoms. The summed E-state index contributed by atoms with van der Waals surface area (Å²) in [4.78, 5) is 49.0. The second-order valence-electron chi connectivity index (χ2n) is 11.7. The number of anilines is 1. The molecule has 0 radical (unpaired) electrons. The van der Waals surface area contributed by atoms with Crippen molar-refractivity contribution in [3.05, 3.63) is 101 Å². The number of carbonyl (C=O) groups is 2. The van der Waals surface area contributed by atoms with Crippen molar-refractivity contribution in [2.24, 2.45) is 0 Å². The van der Waals surface area contributed by atoms with Crippen LogP contribution in [0.25, 0.3) is 22.3 Å². The van der Waals surface area contributed by atoms with E-state index < -0.39 is 36.0 Å². The van der Waals surface area contributed by atoms with Gasteiger partial charge >= 0.3 is 6.09 Å². The van der Waals surface area contributed by atoms with Gasteiger partial charge in [0.05, 0.1) is 19.5 Å². The molecule has 1 aliphatic carbocycles. The highest BCUT2D eigenvalue weighted by molar-refractivity contribution is 5.90. The lowest BCUT2D eigenvalue weighted by atomic mass is 9.98. The molecule has 49 heavy (non-hydrogen) atoms. The number of aromatic nitrogens is 4. The molecule has 1 fully saturated rings. The third-order valence-corrected chi connectivity index (χ3v) is 8.64. The van der Waals surface area contributed by atoms with Crippen molar-refractivity contribution in [1.82, 2.24) is 24.8 Å². The molecule has 0 spiro atoms. The zero-order chi connectivity index (χ0) is 33.9. The lowest BCUT2D eigenvalue weighted by molar-refractivity contribution is -0.116. The average Bonchev–Trinajstić information content (AvgIpc) is 3.80. The summed E-state index contributed by atoms with van der Waals surface area (Å²) in [6.45, 7) is 0.250. The van der Waals surface area contributed by atoms with Gasteiger partial charge in [0, 0.05) is 25.3 Å². The Bertz CT molecular complexity index is 2000. The van der Waals surface area contributed by atoms with Crippen LogP contribution in [0.3, 0.4) is 0 Å².